The Hall–Kier alpha value is -0.710. The van der Waals surface area contributed by atoms with Crippen LogP contribution < -0.4 is 0 Å². The molecule has 8 nitrogen and oxygen atoms in total. The highest BCUT2D eigenvalue weighted by atomic mass is 32.2. The van der Waals surface area contributed by atoms with Crippen LogP contribution in [0, 0.1) is 0 Å². The minimum atomic E-state index is -1.12. The van der Waals surface area contributed by atoms with Crippen LogP contribution in [0.15, 0.2) is 6.20 Å². The first-order chi connectivity index (χ1) is 11.5. The van der Waals surface area contributed by atoms with E-state index in [0.29, 0.717) is 18.5 Å². The van der Waals surface area contributed by atoms with Crippen LogP contribution >= 0.6 is 11.8 Å². The van der Waals surface area contributed by atoms with Gasteiger partial charge >= 0.3 is 0 Å². The molecule has 2 heterocycles. The normalized spacial score (nSPS) is 36.6. The fourth-order valence-corrected chi connectivity index (χ4v) is 4.30. The Balaban J connectivity index is 1.86. The Labute approximate surface area is 144 Å². The topological polar surface area (TPSA) is 121 Å². The average Bonchev–Trinajstić information content (AvgIpc) is 3.06. The fraction of sp³-hybridized carbons (Fsp3) is 0.867. The van der Waals surface area contributed by atoms with Gasteiger partial charge in [0, 0.05) is 0 Å². The van der Waals surface area contributed by atoms with E-state index in [2.05, 4.69) is 10.3 Å². The van der Waals surface area contributed by atoms with Gasteiger partial charge in [-0.1, -0.05) is 24.5 Å². The molecule has 2 aliphatic rings. The Morgan fingerprint density at radius 2 is 2.00 bits per heavy atom. The van der Waals surface area contributed by atoms with E-state index in [0.717, 1.165) is 19.3 Å². The zero-order chi connectivity index (χ0) is 17.3. The predicted molar refractivity (Wildman–Crippen MR) is 87.3 cm³/mol. The lowest BCUT2D eigenvalue weighted by molar-refractivity contribution is -0.178. The van der Waals surface area contributed by atoms with Crippen LogP contribution in [0.2, 0.25) is 0 Å². The van der Waals surface area contributed by atoms with E-state index < -0.39 is 35.4 Å². The average molecular weight is 359 g/mol. The van der Waals surface area contributed by atoms with E-state index in [-0.39, 0.29) is 6.61 Å². The predicted octanol–water partition coefficient (Wildman–Crippen LogP) is -0.227. The highest BCUT2D eigenvalue weighted by molar-refractivity contribution is 7.99. The quantitative estimate of drug-likeness (QED) is 0.582. The van der Waals surface area contributed by atoms with Crippen molar-refractivity contribution in [3.05, 3.63) is 11.9 Å². The summed E-state index contributed by atoms with van der Waals surface area (Å²) in [5, 5.41) is 49.3. The molecule has 2 fully saturated rings. The Morgan fingerprint density at radius 3 is 2.62 bits per heavy atom. The van der Waals surface area contributed by atoms with Crippen LogP contribution in [0.4, 0.5) is 0 Å². The molecule has 0 bridgehead atoms. The minimum absolute atomic E-state index is 0.354. The number of hydrogen-bond acceptors (Lipinski definition) is 8. The fourth-order valence-electron chi connectivity index (χ4n) is 3.60. The first-order valence-corrected chi connectivity index (χ1v) is 9.59. The van der Waals surface area contributed by atoms with Crippen molar-refractivity contribution in [2.45, 2.75) is 67.5 Å². The van der Waals surface area contributed by atoms with Gasteiger partial charge in [-0.15, -0.1) is 16.9 Å². The maximum atomic E-state index is 10.8. The van der Waals surface area contributed by atoms with Gasteiger partial charge in [-0.2, -0.15) is 0 Å². The zero-order valence-corrected chi connectivity index (χ0v) is 14.5. The SMILES string of the molecule is CSC1O[C@H](CO)C(O)C(n2cc(C3(O)CCCCC3)nn2)C1O. The molecule has 0 radical (unpaired) electrons. The lowest BCUT2D eigenvalue weighted by atomic mass is 9.83. The highest BCUT2D eigenvalue weighted by Gasteiger charge is 2.46. The maximum absolute atomic E-state index is 10.8. The van der Waals surface area contributed by atoms with Crippen LogP contribution in [-0.2, 0) is 10.3 Å². The molecule has 1 saturated heterocycles. The summed E-state index contributed by atoms with van der Waals surface area (Å²) in [5.41, 5.74) is -1.11. The summed E-state index contributed by atoms with van der Waals surface area (Å²) in [5.74, 6) is 0. The monoisotopic (exact) mass is 359 g/mol. The molecule has 4 unspecified atom stereocenters. The third-order valence-electron chi connectivity index (χ3n) is 5.05. The van der Waals surface area contributed by atoms with Gasteiger partial charge in [-0.05, 0) is 19.1 Å². The van der Waals surface area contributed by atoms with Crippen molar-refractivity contribution in [2.24, 2.45) is 0 Å². The van der Waals surface area contributed by atoms with Gasteiger partial charge in [0.05, 0.1) is 12.8 Å². The molecule has 0 amide bonds. The molecule has 3 rings (SSSR count). The second kappa shape index (κ2) is 7.27. The molecule has 136 valence electrons. The van der Waals surface area contributed by atoms with E-state index in [4.69, 9.17) is 4.74 Å². The van der Waals surface area contributed by atoms with Crippen LogP contribution in [0.25, 0.3) is 0 Å². The third kappa shape index (κ3) is 3.21. The molecule has 1 aliphatic heterocycles. The van der Waals surface area contributed by atoms with Crippen molar-refractivity contribution in [3.63, 3.8) is 0 Å². The summed E-state index contributed by atoms with van der Waals surface area (Å²) >= 11 is 1.30. The van der Waals surface area contributed by atoms with Gasteiger partial charge in [0.15, 0.2) is 0 Å². The molecular weight excluding hydrogens is 334 g/mol. The molecule has 0 aromatic carbocycles. The second-order valence-electron chi connectivity index (χ2n) is 6.61. The van der Waals surface area contributed by atoms with E-state index in [1.54, 1.807) is 12.5 Å². The molecule has 0 spiro atoms. The van der Waals surface area contributed by atoms with Crippen LogP contribution in [0.1, 0.15) is 43.8 Å². The number of aliphatic hydroxyl groups is 4. The van der Waals surface area contributed by atoms with Crippen molar-refractivity contribution in [1.82, 2.24) is 15.0 Å². The number of aliphatic hydroxyl groups excluding tert-OH is 3. The molecule has 24 heavy (non-hydrogen) atoms. The van der Waals surface area contributed by atoms with E-state index in [9.17, 15) is 20.4 Å². The molecular formula is C15H25N3O5S. The first kappa shape index (κ1) is 18.1. The third-order valence-corrected chi connectivity index (χ3v) is 5.91. The van der Waals surface area contributed by atoms with Gasteiger partial charge < -0.3 is 25.2 Å². The molecule has 4 N–H and O–H groups in total. The van der Waals surface area contributed by atoms with E-state index in [1.165, 1.54) is 16.4 Å². The molecule has 1 aromatic rings. The van der Waals surface area contributed by atoms with Crippen LogP contribution in [-0.4, -0.2) is 72.0 Å². The van der Waals surface area contributed by atoms with Crippen molar-refractivity contribution in [3.8, 4) is 0 Å². The van der Waals surface area contributed by atoms with Crippen molar-refractivity contribution in [1.29, 1.82) is 0 Å². The second-order valence-corrected chi connectivity index (χ2v) is 7.55. The summed E-state index contributed by atoms with van der Waals surface area (Å²) in [6.45, 7) is -0.354. The standard InChI is InChI=1S/C15H25N3O5S/c1-24-14-13(21)11(12(20)9(8-19)23-14)18-7-10(16-17-18)15(22)5-3-2-4-6-15/h7,9,11-14,19-22H,2-6,8H2,1H3/t9-,11?,12?,13?,14?/m1/s1. The smallest absolute Gasteiger partial charge is 0.131 e. The lowest BCUT2D eigenvalue weighted by Crippen LogP contribution is -2.54. The lowest BCUT2D eigenvalue weighted by Gasteiger charge is -2.41. The maximum Gasteiger partial charge on any atom is 0.131 e. The Kier molecular flexibility index (Phi) is 5.48. The van der Waals surface area contributed by atoms with E-state index in [1.807, 2.05) is 0 Å². The van der Waals surface area contributed by atoms with Crippen LogP contribution in [0.5, 0.6) is 0 Å². The van der Waals surface area contributed by atoms with Gasteiger partial charge in [-0.25, -0.2) is 4.68 Å². The van der Waals surface area contributed by atoms with Gasteiger partial charge in [0.25, 0.3) is 0 Å². The van der Waals surface area contributed by atoms with Crippen LogP contribution in [0.3, 0.4) is 0 Å². The largest absolute Gasteiger partial charge is 0.394 e. The highest BCUT2D eigenvalue weighted by Crippen LogP contribution is 2.38. The van der Waals surface area contributed by atoms with Crippen molar-refractivity contribution >= 4 is 11.8 Å². The molecule has 5 atom stereocenters. The Morgan fingerprint density at radius 1 is 1.29 bits per heavy atom. The minimum Gasteiger partial charge on any atom is -0.394 e. The summed E-state index contributed by atoms with van der Waals surface area (Å²) in [7, 11) is 0. The van der Waals surface area contributed by atoms with E-state index >= 15 is 0 Å². The molecule has 1 saturated carbocycles. The Bertz CT molecular complexity index is 535. The van der Waals surface area contributed by atoms with Gasteiger partial charge in [-0.3, -0.25) is 0 Å². The number of nitrogens with zero attached hydrogens (tertiary/aromatic N) is 3. The first-order valence-electron chi connectivity index (χ1n) is 8.30. The molecule has 1 aliphatic carbocycles. The summed E-state index contributed by atoms with van der Waals surface area (Å²) in [6, 6.07) is -0.790. The zero-order valence-electron chi connectivity index (χ0n) is 13.7. The molecule has 1 aromatic heterocycles. The summed E-state index contributed by atoms with van der Waals surface area (Å²) in [6.07, 6.45) is 4.70. The number of rotatable bonds is 4. The number of ether oxygens (including phenoxy) is 1. The van der Waals surface area contributed by atoms with Gasteiger partial charge in [0.1, 0.15) is 41.1 Å². The summed E-state index contributed by atoms with van der Waals surface area (Å²) < 4.78 is 6.90. The van der Waals surface area contributed by atoms with Crippen molar-refractivity contribution in [2.75, 3.05) is 12.9 Å². The summed E-state index contributed by atoms with van der Waals surface area (Å²) in [4.78, 5) is 0. The number of thioether (sulfide) groups is 1. The van der Waals surface area contributed by atoms with Crippen molar-refractivity contribution < 1.29 is 25.2 Å². The van der Waals surface area contributed by atoms with Gasteiger partial charge in [0.2, 0.25) is 0 Å². The molecule has 9 heteroatoms. The number of aromatic nitrogens is 3. The number of hydrogen-bond donors (Lipinski definition) is 4.